The first-order chi connectivity index (χ1) is 63.9. The highest BCUT2D eigenvalue weighted by molar-refractivity contribution is 6.10. The minimum Gasteiger partial charge on any atom is -0.493 e. The molecular weight excluding hydrogens is 1720 g/mol. The third kappa shape index (κ3) is 24.4. The fourth-order valence-corrected chi connectivity index (χ4v) is 15.3. The van der Waals surface area contributed by atoms with E-state index in [4.69, 9.17) is 58.5 Å². The monoisotopic (exact) mass is 1830 g/mol. The van der Waals surface area contributed by atoms with Gasteiger partial charge in [-0.2, -0.15) is 25.5 Å². The molecule has 0 aliphatic carbocycles. The van der Waals surface area contributed by atoms with E-state index >= 15 is 0 Å². The number of hydrogen-bond acceptors (Lipinski definition) is 21. The summed E-state index contributed by atoms with van der Waals surface area (Å²) in [4.78, 5) is 64.1. The van der Waals surface area contributed by atoms with Gasteiger partial charge in [0.15, 0.2) is 57.5 Å². The molecule has 135 heavy (non-hydrogen) atoms. The number of amides is 5. The van der Waals surface area contributed by atoms with Gasteiger partial charge in [-0.15, -0.1) is 6.42 Å². The predicted molar refractivity (Wildman–Crippen MR) is 521 cm³/mol. The number of terminal acetylenes is 1. The first-order valence-electron chi connectivity index (χ1n) is 42.5. The molecule has 0 atom stereocenters. The van der Waals surface area contributed by atoms with Crippen molar-refractivity contribution in [1.82, 2.24) is 25.0 Å². The van der Waals surface area contributed by atoms with Gasteiger partial charge in [-0.3, -0.25) is 24.0 Å². The van der Waals surface area contributed by atoms with Crippen molar-refractivity contribution in [2.75, 3.05) is 90.7 Å². The Kier molecular flexibility index (Phi) is 34.2. The Hall–Kier alpha value is -15.7. The largest absolute Gasteiger partial charge is 0.493 e. The lowest BCUT2D eigenvalue weighted by atomic mass is 9.84. The zero-order chi connectivity index (χ0) is 95.4. The molecule has 0 fully saturated rings. The normalized spacial score (nSPS) is 14.3. The topological polar surface area (TPSA) is 265 Å². The lowest BCUT2D eigenvalue weighted by Crippen LogP contribution is -2.40. The van der Waals surface area contributed by atoms with Gasteiger partial charge in [-0.05, 0) is 223 Å². The van der Waals surface area contributed by atoms with E-state index in [0.717, 1.165) is 67.7 Å². The van der Waals surface area contributed by atoms with Gasteiger partial charge < -0.3 is 52.1 Å². The lowest BCUT2D eigenvalue weighted by molar-refractivity contribution is 0.0603. The van der Waals surface area contributed by atoms with Crippen molar-refractivity contribution < 1.29 is 84.9 Å². The van der Waals surface area contributed by atoms with Crippen LogP contribution in [-0.2, 0) is 0 Å². The zero-order valence-electron chi connectivity index (χ0n) is 77.4. The van der Waals surface area contributed by atoms with E-state index in [2.05, 4.69) is 31.4 Å². The Bertz CT molecular complexity index is 6340. The van der Waals surface area contributed by atoms with E-state index < -0.39 is 22.7 Å². The second kappa shape index (κ2) is 45.5. The molecule has 0 bridgehead atoms. The SMILES string of the molecule is C.C.C#Cc1cccc(C(=O)N2N=C(c3ccc(OC)c(OC)c3)CC2(C)C)c1.COc1ccc(C2=NN(C(=O)c3cccc(C)c3)C(C)(C)C2)cc1OC.COc1ccc(C2=NN(C(=O)c3cccc(F)c3)CC2(C)C)cc1OC.COc1ccc(C2=NN(C(=O)c3cccc(F)c3)CC2)cc1OC.COc1ccc(C2=NN(C(=O)c3cccc(Oc4ccccc4)c3)CC2)cc1OC. The highest BCUT2D eigenvalue weighted by Gasteiger charge is 2.42. The summed E-state index contributed by atoms with van der Waals surface area (Å²) in [7, 11) is 15.9. The van der Waals surface area contributed by atoms with Crippen molar-refractivity contribution >= 4 is 58.1 Å². The number of para-hydroxylation sites is 1. The van der Waals surface area contributed by atoms with Crippen molar-refractivity contribution in [1.29, 1.82) is 0 Å². The van der Waals surface area contributed by atoms with Crippen LogP contribution in [0.1, 0.15) is 173 Å². The summed E-state index contributed by atoms with van der Waals surface area (Å²) in [5, 5.41) is 30.1. The molecule has 5 amide bonds. The van der Waals surface area contributed by atoms with Crippen LogP contribution in [0, 0.1) is 36.3 Å². The molecule has 5 heterocycles. The minimum absolute atomic E-state index is 0. The number of methoxy groups -OCH3 is 10. The average molecular weight is 1830 g/mol. The standard InChI is InChI=1S/C24H22N2O4.C22H22N2O3.C21H24N2O3.C20H21FN2O3.C18H17FN2O3.2CH4/c1-28-22-12-11-17(16-23(22)29-2)21-13-14-26(25-21)24(27)18-7-6-10-20(15-18)30-19-8-4-3-5-9-19;1-6-15-8-7-9-17(12-15)21(25)24-22(2,3)14-18(23-24)16-10-11-19(26-4)20(13-16)27-5;1-14-7-6-8-16(11-14)20(24)23-21(2,3)13-17(22-23)15-9-10-18(25-4)19(12-15)26-5;1-20(2)12-23(19(24)14-6-5-7-15(21)10-14)22-18(20)13-8-9-16(25-3)17(11-13)26-4;1-23-16-7-6-12(11-17(16)24-2)15-8-9-21(20-15)18(22)13-4-3-5-14(19)10-13;;/h3-12,15-16H,13-14H2,1-2H3;1,7-13H,14H2,2-5H3;6-12H,13H2,1-5H3;5-11H,12H2,1-4H3;3-7,10-11H,8-9H2,1-2H3;2*1H4. The number of ether oxygens (including phenoxy) is 11. The van der Waals surface area contributed by atoms with Crippen LogP contribution in [0.2, 0.25) is 0 Å². The van der Waals surface area contributed by atoms with Gasteiger partial charge in [0.05, 0.1) is 130 Å². The smallest absolute Gasteiger partial charge is 0.274 e. The van der Waals surface area contributed by atoms with Gasteiger partial charge >= 0.3 is 0 Å². The van der Waals surface area contributed by atoms with Crippen molar-refractivity contribution in [3.63, 3.8) is 0 Å². The van der Waals surface area contributed by atoms with Gasteiger partial charge in [-0.1, -0.05) is 94.8 Å². The van der Waals surface area contributed by atoms with Crippen molar-refractivity contribution in [2.24, 2.45) is 30.9 Å². The highest BCUT2D eigenvalue weighted by Crippen LogP contribution is 2.41. The molecule has 5 aliphatic rings. The molecule has 11 aromatic rings. The average Bonchev–Trinajstić information content (AvgIpc) is 1.64. The number of carbonyl (C=O) groups is 5. The Balaban J connectivity index is 0.000000174. The van der Waals surface area contributed by atoms with Crippen molar-refractivity contribution in [3.8, 4) is 81.3 Å². The molecular formula is C107H114F2N10O16. The van der Waals surface area contributed by atoms with Gasteiger partial charge in [0.25, 0.3) is 29.5 Å². The van der Waals surface area contributed by atoms with Crippen LogP contribution in [0.3, 0.4) is 0 Å². The van der Waals surface area contributed by atoms with Crippen LogP contribution >= 0.6 is 0 Å². The number of carbonyl (C=O) groups excluding carboxylic acids is 5. The molecule has 16 rings (SSSR count). The molecule has 0 saturated heterocycles. The third-order valence-electron chi connectivity index (χ3n) is 22.2. The first-order valence-corrected chi connectivity index (χ1v) is 42.5. The fraction of sp³-hybridized carbons (Fsp3) is 0.271. The van der Waals surface area contributed by atoms with E-state index in [1.807, 2.05) is 194 Å². The Labute approximate surface area is 787 Å². The molecule has 0 N–H and O–H groups in total. The van der Waals surface area contributed by atoms with Gasteiger partial charge in [-0.25, -0.2) is 33.8 Å². The number of halogens is 2. The second-order valence-electron chi connectivity index (χ2n) is 32.9. The van der Waals surface area contributed by atoms with Gasteiger partial charge in [0.2, 0.25) is 0 Å². The second-order valence-corrected chi connectivity index (χ2v) is 32.9. The number of rotatable bonds is 22. The van der Waals surface area contributed by atoms with Crippen molar-refractivity contribution in [3.05, 3.63) is 321 Å². The molecule has 0 saturated carbocycles. The summed E-state index contributed by atoms with van der Waals surface area (Å²) >= 11 is 0. The maximum absolute atomic E-state index is 13.4. The summed E-state index contributed by atoms with van der Waals surface area (Å²) in [5.41, 5.74) is 11.3. The van der Waals surface area contributed by atoms with Crippen molar-refractivity contribution in [2.45, 2.75) is 100 Å². The van der Waals surface area contributed by atoms with E-state index in [-0.39, 0.29) is 60.9 Å². The Morgan fingerprint density at radius 3 is 1.05 bits per heavy atom. The molecule has 0 radical (unpaired) electrons. The van der Waals surface area contributed by atoms with Crippen LogP contribution < -0.4 is 52.1 Å². The Morgan fingerprint density at radius 2 is 0.667 bits per heavy atom. The third-order valence-corrected chi connectivity index (χ3v) is 22.2. The highest BCUT2D eigenvalue weighted by atomic mass is 19.1. The van der Waals surface area contributed by atoms with Crippen LogP contribution in [-0.4, -0.2) is 185 Å². The number of hydrazone groups is 5. The summed E-state index contributed by atoms with van der Waals surface area (Å²) < 4.78 is 85.7. The summed E-state index contributed by atoms with van der Waals surface area (Å²) in [5.74, 6) is 8.27. The minimum atomic E-state index is -0.453. The maximum Gasteiger partial charge on any atom is 0.274 e. The zero-order valence-corrected chi connectivity index (χ0v) is 77.4. The van der Waals surface area contributed by atoms with E-state index in [1.165, 1.54) is 56.4 Å². The van der Waals surface area contributed by atoms with E-state index in [1.54, 1.807) is 137 Å². The molecule has 0 spiro atoms. The Morgan fingerprint density at radius 1 is 0.333 bits per heavy atom. The number of benzene rings is 11. The molecule has 11 aromatic carbocycles. The van der Waals surface area contributed by atoms with Gasteiger partial charge in [0, 0.05) is 92.3 Å². The maximum atomic E-state index is 13.4. The summed E-state index contributed by atoms with van der Waals surface area (Å²) in [6.45, 7) is 15.4. The van der Waals surface area contributed by atoms with Gasteiger partial charge in [0.1, 0.15) is 23.1 Å². The number of aryl methyl sites for hydroxylation is 1. The van der Waals surface area contributed by atoms with Crippen LogP contribution in [0.25, 0.3) is 0 Å². The first kappa shape index (κ1) is 101. The molecule has 28 heteroatoms. The summed E-state index contributed by atoms with van der Waals surface area (Å²) in [6.07, 6.45) is 8.03. The molecule has 26 nitrogen and oxygen atoms in total. The summed E-state index contributed by atoms with van der Waals surface area (Å²) in [6, 6.07) is 70.5. The van der Waals surface area contributed by atoms with E-state index in [0.29, 0.717) is 131 Å². The fourth-order valence-electron chi connectivity index (χ4n) is 15.3. The number of nitrogens with zero attached hydrogens (tertiary/aromatic N) is 10. The van der Waals surface area contributed by atoms with Crippen LogP contribution in [0.5, 0.6) is 69.0 Å². The lowest BCUT2D eigenvalue weighted by Gasteiger charge is -2.28. The molecule has 702 valence electrons. The van der Waals surface area contributed by atoms with E-state index in [9.17, 15) is 32.8 Å². The molecule has 0 unspecified atom stereocenters. The molecule has 5 aliphatic heterocycles. The molecule has 0 aromatic heterocycles. The number of hydrogen-bond donors (Lipinski definition) is 0. The van der Waals surface area contributed by atoms with Crippen LogP contribution in [0.15, 0.2) is 268 Å². The van der Waals surface area contributed by atoms with Crippen LogP contribution in [0.4, 0.5) is 8.78 Å². The predicted octanol–water partition coefficient (Wildman–Crippen LogP) is 20.6. The quantitative estimate of drug-likeness (QED) is 0.0571.